The molecule has 0 aliphatic carbocycles. The quantitative estimate of drug-likeness (QED) is 0.634. The normalized spacial score (nSPS) is 18.7. The number of amides is 1. The molecule has 2 N–H and O–H groups in total. The number of benzene rings is 2. The van der Waals surface area contributed by atoms with Gasteiger partial charge >= 0.3 is 0 Å². The first-order valence-electron chi connectivity index (χ1n) is 11.4. The largest absolute Gasteiger partial charge is 0.493 e. The van der Waals surface area contributed by atoms with Crippen LogP contribution in [0.4, 0.5) is 4.39 Å². The van der Waals surface area contributed by atoms with E-state index in [2.05, 4.69) is 5.32 Å². The van der Waals surface area contributed by atoms with Gasteiger partial charge in [0, 0.05) is 24.7 Å². The predicted octanol–water partition coefficient (Wildman–Crippen LogP) is 3.90. The smallest absolute Gasteiger partial charge is 0.253 e. The van der Waals surface area contributed by atoms with Gasteiger partial charge in [0.25, 0.3) is 5.91 Å². The predicted molar refractivity (Wildman–Crippen MR) is 125 cm³/mol. The molecule has 0 unspecified atom stereocenters. The molecular formula is C25H30ClFN2O4. The van der Waals surface area contributed by atoms with Gasteiger partial charge in [0.05, 0.1) is 11.6 Å². The topological polar surface area (TPSA) is 71.0 Å². The first-order valence-corrected chi connectivity index (χ1v) is 11.8. The van der Waals surface area contributed by atoms with Gasteiger partial charge in [-0.25, -0.2) is 4.39 Å². The molecule has 2 aliphatic heterocycles. The van der Waals surface area contributed by atoms with E-state index >= 15 is 0 Å². The van der Waals surface area contributed by atoms with E-state index in [1.165, 1.54) is 18.2 Å². The van der Waals surface area contributed by atoms with Crippen molar-refractivity contribution in [1.29, 1.82) is 0 Å². The van der Waals surface area contributed by atoms with Crippen LogP contribution in [0, 0.1) is 11.7 Å². The fraction of sp³-hybridized carbons (Fsp3) is 0.480. The third-order valence-corrected chi connectivity index (χ3v) is 6.72. The summed E-state index contributed by atoms with van der Waals surface area (Å²) in [5.41, 5.74) is -0.448. The molecule has 0 aromatic heterocycles. The number of rotatable bonds is 7. The molecule has 178 valence electrons. The molecule has 2 heterocycles. The Hall–Kier alpha value is -2.35. The Balaban J connectivity index is 1.24. The summed E-state index contributed by atoms with van der Waals surface area (Å²) < 4.78 is 24.8. The van der Waals surface area contributed by atoms with Gasteiger partial charge in [0.2, 0.25) is 0 Å². The lowest BCUT2D eigenvalue weighted by Gasteiger charge is -2.38. The summed E-state index contributed by atoms with van der Waals surface area (Å²) in [5, 5.41) is 14.2. The summed E-state index contributed by atoms with van der Waals surface area (Å²) in [6.45, 7) is 3.69. The Labute approximate surface area is 198 Å². The van der Waals surface area contributed by atoms with Crippen LogP contribution < -0.4 is 14.8 Å². The lowest BCUT2D eigenvalue weighted by atomic mass is 9.92. The molecule has 0 bridgehead atoms. The maximum absolute atomic E-state index is 13.3. The third kappa shape index (κ3) is 6.37. The molecule has 6 nitrogen and oxygen atoms in total. The highest BCUT2D eigenvalue weighted by Gasteiger charge is 2.35. The second-order valence-electron chi connectivity index (χ2n) is 8.91. The molecule has 0 saturated carbocycles. The Morgan fingerprint density at radius 2 is 1.76 bits per heavy atom. The zero-order chi connectivity index (χ0) is 23.3. The summed E-state index contributed by atoms with van der Waals surface area (Å²) in [7, 11) is 0. The zero-order valence-electron chi connectivity index (χ0n) is 18.6. The van der Waals surface area contributed by atoms with Crippen molar-refractivity contribution in [3.8, 4) is 11.5 Å². The second kappa shape index (κ2) is 10.7. The van der Waals surface area contributed by atoms with Gasteiger partial charge < -0.3 is 24.8 Å². The molecule has 2 saturated heterocycles. The van der Waals surface area contributed by atoms with Crippen molar-refractivity contribution in [3.05, 3.63) is 58.9 Å². The zero-order valence-corrected chi connectivity index (χ0v) is 19.3. The van der Waals surface area contributed by atoms with Crippen LogP contribution in [0.5, 0.6) is 11.5 Å². The van der Waals surface area contributed by atoms with Crippen molar-refractivity contribution in [2.45, 2.75) is 31.3 Å². The molecule has 2 aliphatic rings. The SMILES string of the molecule is O=C(c1ccc(OCC2CCNCC2)cc1)N1CCC(O)(COc2ccc(F)c(Cl)c2)CC1. The standard InChI is InChI=1S/C25H30ClFN2O4/c26-22-15-21(5-6-23(22)27)33-17-25(31)9-13-29(14-10-25)24(30)19-1-3-20(4-2-19)32-16-18-7-11-28-12-8-18/h1-6,15,18,28,31H,7-14,16-17H2. The monoisotopic (exact) mass is 476 g/mol. The minimum absolute atomic E-state index is 0.0254. The Morgan fingerprint density at radius 3 is 2.42 bits per heavy atom. The van der Waals surface area contributed by atoms with Crippen molar-refractivity contribution in [1.82, 2.24) is 10.2 Å². The number of hydrogen-bond donors (Lipinski definition) is 2. The van der Waals surface area contributed by atoms with E-state index in [1.54, 1.807) is 17.0 Å². The second-order valence-corrected chi connectivity index (χ2v) is 9.32. The van der Waals surface area contributed by atoms with Crippen molar-refractivity contribution in [2.24, 2.45) is 5.92 Å². The molecule has 2 fully saturated rings. The number of ether oxygens (including phenoxy) is 2. The van der Waals surface area contributed by atoms with E-state index in [1.807, 2.05) is 12.1 Å². The molecule has 1 amide bonds. The Morgan fingerprint density at radius 1 is 1.09 bits per heavy atom. The van der Waals surface area contributed by atoms with Crippen molar-refractivity contribution < 1.29 is 23.8 Å². The van der Waals surface area contributed by atoms with Gasteiger partial charge in [-0.15, -0.1) is 0 Å². The van der Waals surface area contributed by atoms with Crippen LogP contribution in [0.3, 0.4) is 0 Å². The van der Waals surface area contributed by atoms with Crippen molar-refractivity contribution in [3.63, 3.8) is 0 Å². The highest BCUT2D eigenvalue weighted by atomic mass is 35.5. The molecule has 8 heteroatoms. The minimum Gasteiger partial charge on any atom is -0.493 e. The van der Waals surface area contributed by atoms with Crippen LogP contribution in [0.2, 0.25) is 5.02 Å². The van der Waals surface area contributed by atoms with E-state index < -0.39 is 11.4 Å². The van der Waals surface area contributed by atoms with Crippen molar-refractivity contribution >= 4 is 17.5 Å². The van der Waals surface area contributed by atoms with Crippen LogP contribution in [0.25, 0.3) is 0 Å². The van der Waals surface area contributed by atoms with Gasteiger partial charge in [-0.05, 0) is 81.1 Å². The number of carbonyl (C=O) groups excluding carboxylic acids is 1. The van der Waals surface area contributed by atoms with Gasteiger partial charge in [-0.3, -0.25) is 4.79 Å². The molecule has 0 spiro atoms. The Bertz CT molecular complexity index is 942. The number of carbonyl (C=O) groups is 1. The number of nitrogens with one attached hydrogen (secondary N) is 1. The number of nitrogens with zero attached hydrogens (tertiary/aromatic N) is 1. The molecule has 4 rings (SSSR count). The van der Waals surface area contributed by atoms with E-state index in [-0.39, 0.29) is 17.5 Å². The molecule has 2 aromatic rings. The van der Waals surface area contributed by atoms with E-state index in [4.69, 9.17) is 21.1 Å². The fourth-order valence-corrected chi connectivity index (χ4v) is 4.36. The van der Waals surface area contributed by atoms with E-state index in [0.717, 1.165) is 31.7 Å². The first kappa shape index (κ1) is 23.8. The van der Waals surface area contributed by atoms with Gasteiger partial charge in [-0.1, -0.05) is 11.6 Å². The van der Waals surface area contributed by atoms with Gasteiger partial charge in [0.15, 0.2) is 0 Å². The number of aliphatic hydroxyl groups is 1. The number of piperidine rings is 2. The van der Waals surface area contributed by atoms with Gasteiger partial charge in [0.1, 0.15) is 29.5 Å². The number of hydrogen-bond acceptors (Lipinski definition) is 5. The van der Waals surface area contributed by atoms with E-state index in [9.17, 15) is 14.3 Å². The first-order chi connectivity index (χ1) is 15.9. The van der Waals surface area contributed by atoms with Crippen LogP contribution in [-0.4, -0.2) is 60.9 Å². The molecular weight excluding hydrogens is 447 g/mol. The highest BCUT2D eigenvalue weighted by molar-refractivity contribution is 6.30. The number of halogens is 2. The molecule has 33 heavy (non-hydrogen) atoms. The molecule has 2 aromatic carbocycles. The van der Waals surface area contributed by atoms with Crippen LogP contribution in [0.15, 0.2) is 42.5 Å². The average Bonchev–Trinajstić information content (AvgIpc) is 2.85. The van der Waals surface area contributed by atoms with Crippen LogP contribution in [0.1, 0.15) is 36.0 Å². The lowest BCUT2D eigenvalue weighted by molar-refractivity contribution is -0.0475. The van der Waals surface area contributed by atoms with E-state index in [0.29, 0.717) is 49.8 Å². The fourth-order valence-electron chi connectivity index (χ4n) is 4.19. The lowest BCUT2D eigenvalue weighted by Crippen LogP contribution is -2.49. The average molecular weight is 477 g/mol. The number of likely N-dealkylation sites (tertiary alicyclic amines) is 1. The van der Waals surface area contributed by atoms with Gasteiger partial charge in [-0.2, -0.15) is 0 Å². The molecule has 0 atom stereocenters. The maximum Gasteiger partial charge on any atom is 0.253 e. The maximum atomic E-state index is 13.3. The van der Waals surface area contributed by atoms with Crippen LogP contribution in [-0.2, 0) is 0 Å². The highest BCUT2D eigenvalue weighted by Crippen LogP contribution is 2.27. The van der Waals surface area contributed by atoms with Crippen LogP contribution >= 0.6 is 11.6 Å². The molecule has 0 radical (unpaired) electrons. The minimum atomic E-state index is -1.05. The summed E-state index contributed by atoms with van der Waals surface area (Å²) in [5.74, 6) is 1.17. The van der Waals surface area contributed by atoms with Crippen molar-refractivity contribution in [2.75, 3.05) is 39.4 Å². The third-order valence-electron chi connectivity index (χ3n) is 6.43. The Kier molecular flexibility index (Phi) is 7.73. The summed E-state index contributed by atoms with van der Waals surface area (Å²) in [4.78, 5) is 14.6. The summed E-state index contributed by atoms with van der Waals surface area (Å²) >= 11 is 5.77. The summed E-state index contributed by atoms with van der Waals surface area (Å²) in [6.07, 6.45) is 3.04. The summed E-state index contributed by atoms with van der Waals surface area (Å²) in [6, 6.07) is 11.4.